The minimum Gasteiger partial charge on any atom is -0.494 e. The summed E-state index contributed by atoms with van der Waals surface area (Å²) >= 11 is 0. The normalized spacial score (nSPS) is 11.0. The molecule has 0 bridgehead atoms. The predicted molar refractivity (Wildman–Crippen MR) is 120 cm³/mol. The number of aromatic nitrogens is 2. The van der Waals surface area contributed by atoms with Crippen LogP contribution in [0.3, 0.4) is 0 Å². The molecular formula is C23H27N3O5. The van der Waals surface area contributed by atoms with Gasteiger partial charge in [-0.25, -0.2) is 0 Å². The minimum atomic E-state index is -0.644. The molecule has 1 N–H and O–H groups in total. The highest BCUT2D eigenvalue weighted by molar-refractivity contribution is 5.95. The molecule has 164 valence electrons. The Labute approximate surface area is 180 Å². The van der Waals surface area contributed by atoms with Crippen molar-refractivity contribution in [2.24, 2.45) is 20.0 Å². The quantitative estimate of drug-likeness (QED) is 0.586. The van der Waals surface area contributed by atoms with Crippen LogP contribution in [0.1, 0.15) is 27.2 Å². The zero-order valence-electron chi connectivity index (χ0n) is 18.4. The Morgan fingerprint density at radius 2 is 1.52 bits per heavy atom. The van der Waals surface area contributed by atoms with Gasteiger partial charge in [-0.1, -0.05) is 13.8 Å². The van der Waals surface area contributed by atoms with Crippen LogP contribution in [-0.2, 0) is 18.9 Å². The molecule has 1 heterocycles. The van der Waals surface area contributed by atoms with Gasteiger partial charge in [0.15, 0.2) is 5.75 Å². The van der Waals surface area contributed by atoms with Gasteiger partial charge in [0.1, 0.15) is 11.5 Å². The summed E-state index contributed by atoms with van der Waals surface area (Å²) in [6.07, 6.45) is 0.340. The molecule has 8 heteroatoms. The maximum atomic E-state index is 12.4. The molecule has 0 saturated carbocycles. The van der Waals surface area contributed by atoms with E-state index in [9.17, 15) is 14.4 Å². The molecule has 0 aliphatic heterocycles. The lowest BCUT2D eigenvalue weighted by Gasteiger charge is -2.17. The highest BCUT2D eigenvalue weighted by Crippen LogP contribution is 2.34. The van der Waals surface area contributed by atoms with Crippen LogP contribution in [0.25, 0.3) is 11.0 Å². The van der Waals surface area contributed by atoms with Gasteiger partial charge in [-0.05, 0) is 43.2 Å². The van der Waals surface area contributed by atoms with Crippen LogP contribution in [-0.4, -0.2) is 21.6 Å². The largest absolute Gasteiger partial charge is 0.494 e. The minimum absolute atomic E-state index is 0.166. The van der Waals surface area contributed by atoms with Crippen molar-refractivity contribution < 1.29 is 14.3 Å². The first-order valence-corrected chi connectivity index (χ1v) is 10.2. The Bertz CT molecular complexity index is 1220. The van der Waals surface area contributed by atoms with E-state index in [4.69, 9.17) is 9.47 Å². The number of hydrogen-bond acceptors (Lipinski definition) is 5. The second-order valence-electron chi connectivity index (χ2n) is 7.72. The van der Waals surface area contributed by atoms with Gasteiger partial charge in [0.25, 0.3) is 0 Å². The Hall–Kier alpha value is -3.55. The third-order valence-corrected chi connectivity index (χ3v) is 4.82. The van der Waals surface area contributed by atoms with Crippen LogP contribution in [0, 0.1) is 5.92 Å². The molecule has 2 aromatic carbocycles. The number of amides is 1. The maximum absolute atomic E-state index is 12.4. The number of fused-ring (bicyclic) bond motifs is 1. The molecule has 0 unspecified atom stereocenters. The lowest BCUT2D eigenvalue weighted by molar-refractivity contribution is -0.116. The summed E-state index contributed by atoms with van der Waals surface area (Å²) in [4.78, 5) is 36.9. The second-order valence-corrected chi connectivity index (χ2v) is 7.72. The van der Waals surface area contributed by atoms with Crippen molar-refractivity contribution in [1.82, 2.24) is 9.13 Å². The summed E-state index contributed by atoms with van der Waals surface area (Å²) < 4.78 is 14.1. The van der Waals surface area contributed by atoms with Gasteiger partial charge in [0, 0.05) is 26.6 Å². The maximum Gasteiger partial charge on any atom is 0.316 e. The fourth-order valence-corrected chi connectivity index (χ4v) is 3.25. The number of ether oxygens (including phenoxy) is 2. The van der Waals surface area contributed by atoms with Crippen LogP contribution in [0.2, 0.25) is 0 Å². The van der Waals surface area contributed by atoms with E-state index in [-0.39, 0.29) is 11.8 Å². The van der Waals surface area contributed by atoms with E-state index in [1.54, 1.807) is 36.4 Å². The first kappa shape index (κ1) is 22.1. The SMILES string of the molecule is CCOc1ccc(Oc2cc3c(cc2NC(=O)CC(C)C)n(C)c(=O)c(=O)n3C)cc1. The number of anilines is 1. The highest BCUT2D eigenvalue weighted by Gasteiger charge is 2.16. The summed E-state index contributed by atoms with van der Waals surface area (Å²) in [5.41, 5.74) is 0.148. The lowest BCUT2D eigenvalue weighted by atomic mass is 10.1. The topological polar surface area (TPSA) is 91.6 Å². The van der Waals surface area contributed by atoms with Crippen LogP contribution in [0.15, 0.2) is 46.0 Å². The Morgan fingerprint density at radius 1 is 0.968 bits per heavy atom. The van der Waals surface area contributed by atoms with Gasteiger partial charge in [0.05, 0.1) is 23.3 Å². The molecule has 0 radical (unpaired) electrons. The van der Waals surface area contributed by atoms with E-state index in [1.165, 1.54) is 23.2 Å². The number of nitrogens with zero attached hydrogens (tertiary/aromatic N) is 2. The zero-order valence-corrected chi connectivity index (χ0v) is 18.4. The Kier molecular flexibility index (Phi) is 6.48. The van der Waals surface area contributed by atoms with Crippen molar-refractivity contribution in [3.05, 3.63) is 57.1 Å². The first-order valence-electron chi connectivity index (χ1n) is 10.2. The van der Waals surface area contributed by atoms with Crippen molar-refractivity contribution in [2.75, 3.05) is 11.9 Å². The standard InChI is InChI=1S/C23H27N3O5/c1-6-30-15-7-9-16(10-8-15)31-20-13-19-18(25(4)22(28)23(29)26(19)5)12-17(20)24-21(27)11-14(2)3/h7-10,12-14H,6,11H2,1-5H3,(H,24,27). The highest BCUT2D eigenvalue weighted by atomic mass is 16.5. The molecule has 31 heavy (non-hydrogen) atoms. The van der Waals surface area contributed by atoms with E-state index in [1.807, 2.05) is 20.8 Å². The van der Waals surface area contributed by atoms with Crippen molar-refractivity contribution >= 4 is 22.6 Å². The monoisotopic (exact) mass is 425 g/mol. The average molecular weight is 425 g/mol. The summed E-state index contributed by atoms with van der Waals surface area (Å²) in [5.74, 6) is 1.64. The molecule has 0 aliphatic carbocycles. The summed E-state index contributed by atoms with van der Waals surface area (Å²) in [5, 5.41) is 2.88. The van der Waals surface area contributed by atoms with E-state index in [0.29, 0.717) is 41.2 Å². The third-order valence-electron chi connectivity index (χ3n) is 4.82. The number of aryl methyl sites for hydroxylation is 2. The van der Waals surface area contributed by atoms with E-state index in [2.05, 4.69) is 5.32 Å². The van der Waals surface area contributed by atoms with E-state index in [0.717, 1.165) is 5.75 Å². The van der Waals surface area contributed by atoms with Crippen molar-refractivity contribution in [3.63, 3.8) is 0 Å². The smallest absolute Gasteiger partial charge is 0.316 e. The zero-order chi connectivity index (χ0) is 22.7. The summed E-state index contributed by atoms with van der Waals surface area (Å²) in [7, 11) is 3.06. The number of nitrogens with one attached hydrogen (secondary N) is 1. The average Bonchev–Trinajstić information content (AvgIpc) is 2.72. The molecule has 3 rings (SSSR count). The van der Waals surface area contributed by atoms with Crippen LogP contribution in [0.4, 0.5) is 5.69 Å². The molecule has 0 atom stereocenters. The summed E-state index contributed by atoms with van der Waals surface area (Å²) in [6.45, 7) is 6.38. The third kappa shape index (κ3) is 4.79. The number of carbonyl (C=O) groups is 1. The number of benzene rings is 2. The fourth-order valence-electron chi connectivity index (χ4n) is 3.25. The Morgan fingerprint density at radius 3 is 2.06 bits per heavy atom. The molecule has 1 amide bonds. The molecular weight excluding hydrogens is 398 g/mol. The number of hydrogen-bond donors (Lipinski definition) is 1. The second kappa shape index (κ2) is 9.07. The van der Waals surface area contributed by atoms with Gasteiger partial charge >= 0.3 is 11.1 Å². The molecule has 0 fully saturated rings. The molecule has 3 aromatic rings. The van der Waals surface area contributed by atoms with Crippen molar-refractivity contribution in [1.29, 1.82) is 0 Å². The lowest BCUT2D eigenvalue weighted by Crippen LogP contribution is -2.39. The van der Waals surface area contributed by atoms with Gasteiger partial charge < -0.3 is 23.9 Å². The van der Waals surface area contributed by atoms with Crippen molar-refractivity contribution in [3.8, 4) is 17.2 Å². The molecule has 1 aromatic heterocycles. The van der Waals surface area contributed by atoms with Crippen LogP contribution in [0.5, 0.6) is 17.2 Å². The van der Waals surface area contributed by atoms with Gasteiger partial charge in [-0.15, -0.1) is 0 Å². The number of carbonyl (C=O) groups excluding carboxylic acids is 1. The van der Waals surface area contributed by atoms with E-state index >= 15 is 0 Å². The predicted octanol–water partition coefficient (Wildman–Crippen LogP) is 3.41. The molecule has 0 saturated heterocycles. The van der Waals surface area contributed by atoms with Crippen LogP contribution >= 0.6 is 0 Å². The first-order chi connectivity index (χ1) is 14.7. The molecule has 0 spiro atoms. The summed E-state index contributed by atoms with van der Waals surface area (Å²) in [6, 6.07) is 10.4. The Balaban J connectivity index is 2.11. The van der Waals surface area contributed by atoms with Crippen molar-refractivity contribution in [2.45, 2.75) is 27.2 Å². The van der Waals surface area contributed by atoms with Gasteiger partial charge in [0.2, 0.25) is 5.91 Å². The van der Waals surface area contributed by atoms with E-state index < -0.39 is 11.1 Å². The molecule has 0 aliphatic rings. The molecule has 8 nitrogen and oxygen atoms in total. The fraction of sp³-hybridized carbons (Fsp3) is 0.348. The van der Waals surface area contributed by atoms with Crippen LogP contribution < -0.4 is 25.9 Å². The number of rotatable bonds is 7. The van der Waals surface area contributed by atoms with Gasteiger partial charge in [-0.3, -0.25) is 14.4 Å². The van der Waals surface area contributed by atoms with Gasteiger partial charge in [-0.2, -0.15) is 0 Å².